The zero-order valence-corrected chi connectivity index (χ0v) is 13.5. The van der Waals surface area contributed by atoms with Crippen LogP contribution in [0.4, 0.5) is 4.79 Å². The van der Waals surface area contributed by atoms with Crippen LogP contribution in [-0.2, 0) is 4.79 Å². The predicted octanol–water partition coefficient (Wildman–Crippen LogP) is 1.46. The van der Waals surface area contributed by atoms with Crippen LogP contribution in [0.1, 0.15) is 40.0 Å². The first-order valence-corrected chi connectivity index (χ1v) is 7.79. The summed E-state index contributed by atoms with van der Waals surface area (Å²) in [5, 5.41) is 9.54. The zero-order valence-electron chi connectivity index (χ0n) is 13.5. The summed E-state index contributed by atoms with van der Waals surface area (Å²) in [6.45, 7) is 7.73. The fourth-order valence-electron chi connectivity index (χ4n) is 3.38. The van der Waals surface area contributed by atoms with Gasteiger partial charge in [0.1, 0.15) is 5.54 Å². The normalized spacial score (nSPS) is 34.9. The lowest BCUT2D eigenvalue weighted by Crippen LogP contribution is -2.64. The highest BCUT2D eigenvalue weighted by molar-refractivity contribution is 5.86. The highest BCUT2D eigenvalue weighted by atomic mass is 16.4. The highest BCUT2D eigenvalue weighted by Crippen LogP contribution is 2.30. The average Bonchev–Trinajstić information content (AvgIpc) is 2.43. The van der Waals surface area contributed by atoms with Crippen molar-refractivity contribution < 1.29 is 14.7 Å². The summed E-state index contributed by atoms with van der Waals surface area (Å²) in [7, 11) is 2.07. The van der Waals surface area contributed by atoms with Gasteiger partial charge in [-0.05, 0) is 47.1 Å². The molecular weight excluding hydrogens is 270 g/mol. The van der Waals surface area contributed by atoms with Crippen LogP contribution in [0.2, 0.25) is 0 Å². The van der Waals surface area contributed by atoms with Crippen LogP contribution in [0.25, 0.3) is 0 Å². The Morgan fingerprint density at radius 2 is 1.71 bits per heavy atom. The first-order chi connectivity index (χ1) is 9.77. The number of hydrogen-bond donors (Lipinski definition) is 1. The topological polar surface area (TPSA) is 64.1 Å². The summed E-state index contributed by atoms with van der Waals surface area (Å²) < 4.78 is 0. The summed E-state index contributed by atoms with van der Waals surface area (Å²) in [6.07, 6.45) is 2.28. The van der Waals surface area contributed by atoms with Crippen LogP contribution in [0.15, 0.2) is 0 Å². The number of piperidine rings is 1. The Kier molecular flexibility index (Phi) is 4.46. The summed E-state index contributed by atoms with van der Waals surface area (Å²) in [5.74, 6) is -0.897. The minimum absolute atomic E-state index is 0.119. The lowest BCUT2D eigenvalue weighted by atomic mass is 9.88. The van der Waals surface area contributed by atoms with E-state index >= 15 is 0 Å². The second kappa shape index (κ2) is 5.83. The third kappa shape index (κ3) is 2.86. The van der Waals surface area contributed by atoms with Gasteiger partial charge >= 0.3 is 12.0 Å². The molecule has 0 radical (unpaired) electrons. The Labute approximate surface area is 126 Å². The predicted molar refractivity (Wildman–Crippen MR) is 80.3 cm³/mol. The van der Waals surface area contributed by atoms with Gasteiger partial charge in [-0.25, -0.2) is 9.59 Å². The molecule has 2 aliphatic heterocycles. The molecule has 2 amide bonds. The Balaban J connectivity index is 2.16. The Bertz CT molecular complexity index is 416. The molecule has 2 saturated heterocycles. The Morgan fingerprint density at radius 1 is 1.14 bits per heavy atom. The van der Waals surface area contributed by atoms with Crippen LogP contribution >= 0.6 is 0 Å². The van der Waals surface area contributed by atoms with Crippen LogP contribution < -0.4 is 0 Å². The molecule has 3 atom stereocenters. The van der Waals surface area contributed by atoms with Crippen LogP contribution in [0.5, 0.6) is 0 Å². The van der Waals surface area contributed by atoms with Gasteiger partial charge in [0, 0.05) is 31.7 Å². The van der Waals surface area contributed by atoms with E-state index in [1.807, 2.05) is 4.90 Å². The quantitative estimate of drug-likeness (QED) is 0.796. The Morgan fingerprint density at radius 3 is 2.24 bits per heavy atom. The van der Waals surface area contributed by atoms with E-state index < -0.39 is 11.5 Å². The van der Waals surface area contributed by atoms with Crippen LogP contribution in [-0.4, -0.2) is 76.1 Å². The number of hydrogen-bond acceptors (Lipinski definition) is 3. The number of carbonyl (C=O) groups excluding carboxylic acids is 1. The number of rotatable bonds is 1. The molecule has 0 aliphatic carbocycles. The van der Waals surface area contributed by atoms with Gasteiger partial charge in [-0.3, -0.25) is 4.90 Å². The van der Waals surface area contributed by atoms with Crippen LogP contribution in [0, 0.1) is 0 Å². The van der Waals surface area contributed by atoms with Gasteiger partial charge in [0.25, 0.3) is 0 Å². The van der Waals surface area contributed by atoms with Gasteiger partial charge in [-0.15, -0.1) is 0 Å². The third-order valence-electron chi connectivity index (χ3n) is 5.21. The van der Waals surface area contributed by atoms with E-state index in [1.54, 1.807) is 11.8 Å². The number of aliphatic carboxylic acids is 1. The molecule has 21 heavy (non-hydrogen) atoms. The van der Waals surface area contributed by atoms with Gasteiger partial charge in [0.2, 0.25) is 0 Å². The van der Waals surface area contributed by atoms with Gasteiger partial charge in [-0.1, -0.05) is 0 Å². The monoisotopic (exact) mass is 297 g/mol. The largest absolute Gasteiger partial charge is 0.480 e. The van der Waals surface area contributed by atoms with Crippen molar-refractivity contribution in [3.63, 3.8) is 0 Å². The van der Waals surface area contributed by atoms with Crippen molar-refractivity contribution in [2.75, 3.05) is 26.7 Å². The average molecular weight is 297 g/mol. The maximum atomic E-state index is 12.8. The van der Waals surface area contributed by atoms with Gasteiger partial charge < -0.3 is 14.9 Å². The van der Waals surface area contributed by atoms with E-state index in [0.29, 0.717) is 38.1 Å². The zero-order chi connectivity index (χ0) is 15.8. The van der Waals surface area contributed by atoms with Crippen molar-refractivity contribution in [2.24, 2.45) is 0 Å². The molecule has 2 aliphatic rings. The first-order valence-electron chi connectivity index (χ1n) is 7.79. The number of amides is 2. The number of urea groups is 1. The molecule has 0 saturated carbocycles. The summed E-state index contributed by atoms with van der Waals surface area (Å²) >= 11 is 0. The van der Waals surface area contributed by atoms with Crippen molar-refractivity contribution in [3.05, 3.63) is 0 Å². The molecule has 0 aromatic heterocycles. The number of nitrogens with zero attached hydrogens (tertiary/aromatic N) is 3. The molecule has 0 spiro atoms. The number of piperazine rings is 1. The second-order valence-corrected chi connectivity index (χ2v) is 6.74. The molecule has 0 aromatic rings. The minimum Gasteiger partial charge on any atom is -0.480 e. The van der Waals surface area contributed by atoms with Crippen LogP contribution in [0.3, 0.4) is 0 Å². The lowest BCUT2D eigenvalue weighted by Gasteiger charge is -2.48. The van der Waals surface area contributed by atoms with Crippen molar-refractivity contribution in [3.8, 4) is 0 Å². The fourth-order valence-corrected chi connectivity index (χ4v) is 3.38. The summed E-state index contributed by atoms with van der Waals surface area (Å²) in [5.41, 5.74) is -1.06. The van der Waals surface area contributed by atoms with E-state index in [1.165, 1.54) is 0 Å². The molecule has 6 heteroatoms. The van der Waals surface area contributed by atoms with E-state index in [2.05, 4.69) is 25.8 Å². The molecule has 2 heterocycles. The molecule has 120 valence electrons. The van der Waals surface area contributed by atoms with Crippen molar-refractivity contribution in [1.29, 1.82) is 0 Å². The second-order valence-electron chi connectivity index (χ2n) is 6.74. The third-order valence-corrected chi connectivity index (χ3v) is 5.21. The molecule has 3 unspecified atom stereocenters. The number of carboxylic acid groups (broad SMARTS) is 1. The molecule has 6 nitrogen and oxygen atoms in total. The van der Waals surface area contributed by atoms with E-state index in [9.17, 15) is 14.7 Å². The SMILES string of the molecule is CC1CN(C(=O)N2CCCCC2(C)C(=O)O)CC(C)N1C. The van der Waals surface area contributed by atoms with E-state index in [0.717, 1.165) is 12.8 Å². The molecule has 0 aromatic carbocycles. The van der Waals surface area contributed by atoms with Crippen molar-refractivity contribution in [2.45, 2.75) is 57.7 Å². The maximum absolute atomic E-state index is 12.8. The van der Waals surface area contributed by atoms with E-state index in [4.69, 9.17) is 0 Å². The van der Waals surface area contributed by atoms with Gasteiger partial charge in [-0.2, -0.15) is 0 Å². The smallest absolute Gasteiger partial charge is 0.329 e. The summed E-state index contributed by atoms with van der Waals surface area (Å²) in [4.78, 5) is 30.1. The maximum Gasteiger partial charge on any atom is 0.329 e. The van der Waals surface area contributed by atoms with Crippen molar-refractivity contribution >= 4 is 12.0 Å². The van der Waals surface area contributed by atoms with Crippen molar-refractivity contribution in [1.82, 2.24) is 14.7 Å². The van der Waals surface area contributed by atoms with Gasteiger partial charge in [0.05, 0.1) is 0 Å². The number of carbonyl (C=O) groups is 2. The lowest BCUT2D eigenvalue weighted by molar-refractivity contribution is -0.151. The standard InChI is InChI=1S/C15H27N3O3/c1-11-9-17(10-12(2)16(11)4)14(21)18-8-6-5-7-15(18,3)13(19)20/h11-12H,5-10H2,1-4H3,(H,19,20). The fraction of sp³-hybridized carbons (Fsp3) is 0.867. The minimum atomic E-state index is -1.06. The number of likely N-dealkylation sites (tertiary alicyclic amines) is 1. The molecule has 2 rings (SSSR count). The van der Waals surface area contributed by atoms with Gasteiger partial charge in [0.15, 0.2) is 0 Å². The molecule has 1 N–H and O–H groups in total. The highest BCUT2D eigenvalue weighted by Gasteiger charge is 2.46. The number of carboxylic acids is 1. The Hall–Kier alpha value is -1.30. The number of likely N-dealkylation sites (N-methyl/N-ethyl adjacent to an activating group) is 1. The molecule has 0 bridgehead atoms. The van der Waals surface area contributed by atoms with E-state index in [-0.39, 0.29) is 6.03 Å². The summed E-state index contributed by atoms with van der Waals surface area (Å²) in [6, 6.07) is 0.462. The first kappa shape index (κ1) is 16.1. The molecule has 2 fully saturated rings. The molecular formula is C15H27N3O3.